The fraction of sp³-hybridized carbons (Fsp3) is 0.241. The van der Waals surface area contributed by atoms with Crippen LogP contribution in [0.25, 0.3) is 0 Å². The highest BCUT2D eigenvalue weighted by Gasteiger charge is 2.32. The standard InChI is InChI=1S/C29H30N6O2/c1-2-22-13-15-25(16-14-22)32-28-27(35(36)37)29(31-21-30-28)34-19-17-33(18-20-34)26(23-9-5-3-6-10-23)24-11-7-4-8-12-24/h3-16,21,26H,2,17-20H2,1H3,(H,30,31,32). The van der Waals surface area contributed by atoms with Crippen LogP contribution in [0.2, 0.25) is 0 Å². The topological polar surface area (TPSA) is 87.4 Å². The van der Waals surface area contributed by atoms with Gasteiger partial charge in [0.2, 0.25) is 11.6 Å². The molecule has 1 aliphatic heterocycles. The van der Waals surface area contributed by atoms with Crippen LogP contribution in [0.5, 0.6) is 0 Å². The van der Waals surface area contributed by atoms with Gasteiger partial charge in [-0.2, -0.15) is 0 Å². The number of piperazine rings is 1. The van der Waals surface area contributed by atoms with Crippen LogP contribution < -0.4 is 10.2 Å². The second kappa shape index (κ2) is 11.2. The smallest absolute Gasteiger partial charge is 0.348 e. The van der Waals surface area contributed by atoms with E-state index in [2.05, 4.69) is 75.6 Å². The number of anilines is 3. The van der Waals surface area contributed by atoms with Crippen LogP contribution in [-0.4, -0.2) is 46.0 Å². The Morgan fingerprint density at radius 1 is 0.865 bits per heavy atom. The molecule has 0 bridgehead atoms. The van der Waals surface area contributed by atoms with Crippen LogP contribution in [-0.2, 0) is 6.42 Å². The van der Waals surface area contributed by atoms with Crippen LogP contribution >= 0.6 is 0 Å². The van der Waals surface area contributed by atoms with Gasteiger partial charge in [-0.15, -0.1) is 0 Å². The summed E-state index contributed by atoms with van der Waals surface area (Å²) in [5, 5.41) is 15.3. The van der Waals surface area contributed by atoms with Crippen molar-refractivity contribution in [2.45, 2.75) is 19.4 Å². The molecule has 0 saturated carbocycles. The number of benzene rings is 3. The summed E-state index contributed by atoms with van der Waals surface area (Å²) in [7, 11) is 0. The number of aryl methyl sites for hydroxylation is 1. The fourth-order valence-electron chi connectivity index (χ4n) is 4.90. The molecule has 2 heterocycles. The summed E-state index contributed by atoms with van der Waals surface area (Å²) in [5.74, 6) is 0.552. The zero-order valence-electron chi connectivity index (χ0n) is 20.8. The molecule has 0 atom stereocenters. The normalized spacial score (nSPS) is 14.1. The van der Waals surface area contributed by atoms with E-state index in [1.54, 1.807) is 0 Å². The summed E-state index contributed by atoms with van der Waals surface area (Å²) in [6.07, 6.45) is 2.33. The van der Waals surface area contributed by atoms with E-state index in [4.69, 9.17) is 0 Å². The quantitative estimate of drug-likeness (QED) is 0.252. The lowest BCUT2D eigenvalue weighted by molar-refractivity contribution is -0.383. The third-order valence-corrected chi connectivity index (χ3v) is 6.82. The Morgan fingerprint density at radius 2 is 1.46 bits per heavy atom. The van der Waals surface area contributed by atoms with E-state index in [9.17, 15) is 10.1 Å². The first kappa shape index (κ1) is 24.4. The Kier molecular flexibility index (Phi) is 7.37. The largest absolute Gasteiger partial charge is 0.353 e. The molecule has 1 aromatic heterocycles. The van der Waals surface area contributed by atoms with Gasteiger partial charge in [0.05, 0.1) is 11.0 Å². The number of hydrogen-bond acceptors (Lipinski definition) is 7. The number of hydrogen-bond donors (Lipinski definition) is 1. The highest BCUT2D eigenvalue weighted by molar-refractivity contribution is 5.74. The molecular formula is C29H30N6O2. The van der Waals surface area contributed by atoms with Crippen molar-refractivity contribution >= 4 is 23.0 Å². The maximum atomic E-state index is 12.2. The lowest BCUT2D eigenvalue weighted by atomic mass is 9.96. The Morgan fingerprint density at radius 3 is 2.00 bits per heavy atom. The molecule has 0 amide bonds. The van der Waals surface area contributed by atoms with E-state index < -0.39 is 0 Å². The maximum Gasteiger partial charge on any atom is 0.353 e. The number of rotatable bonds is 8. The molecule has 8 nitrogen and oxygen atoms in total. The first-order valence-corrected chi connectivity index (χ1v) is 12.6. The summed E-state index contributed by atoms with van der Waals surface area (Å²) in [6.45, 7) is 4.83. The highest BCUT2D eigenvalue weighted by atomic mass is 16.6. The van der Waals surface area contributed by atoms with E-state index in [-0.39, 0.29) is 22.5 Å². The van der Waals surface area contributed by atoms with Crippen molar-refractivity contribution in [3.8, 4) is 0 Å². The van der Waals surface area contributed by atoms with Gasteiger partial charge in [0.1, 0.15) is 6.33 Å². The van der Waals surface area contributed by atoms with E-state index in [0.717, 1.165) is 25.2 Å². The highest BCUT2D eigenvalue weighted by Crippen LogP contribution is 2.35. The first-order valence-electron chi connectivity index (χ1n) is 12.6. The minimum Gasteiger partial charge on any atom is -0.348 e. The van der Waals surface area contributed by atoms with Crippen LogP contribution in [0.3, 0.4) is 0 Å². The number of nitrogens with one attached hydrogen (secondary N) is 1. The molecule has 1 N–H and O–H groups in total. The Hall–Kier alpha value is -4.30. The molecule has 4 aromatic rings. The fourth-order valence-corrected chi connectivity index (χ4v) is 4.90. The molecule has 1 aliphatic rings. The number of aromatic nitrogens is 2. The van der Waals surface area contributed by atoms with E-state index in [1.165, 1.54) is 23.0 Å². The van der Waals surface area contributed by atoms with Gasteiger partial charge >= 0.3 is 5.69 Å². The van der Waals surface area contributed by atoms with E-state index in [1.807, 2.05) is 41.3 Å². The van der Waals surface area contributed by atoms with Crippen molar-refractivity contribution < 1.29 is 4.92 Å². The monoisotopic (exact) mass is 494 g/mol. The molecule has 188 valence electrons. The van der Waals surface area contributed by atoms with Gasteiger partial charge in [-0.3, -0.25) is 15.0 Å². The average molecular weight is 495 g/mol. The van der Waals surface area contributed by atoms with Crippen molar-refractivity contribution in [3.63, 3.8) is 0 Å². The van der Waals surface area contributed by atoms with Gasteiger partial charge < -0.3 is 10.2 Å². The average Bonchev–Trinajstić information content (AvgIpc) is 2.95. The van der Waals surface area contributed by atoms with Gasteiger partial charge in [-0.05, 0) is 35.2 Å². The predicted octanol–water partition coefficient (Wildman–Crippen LogP) is 5.60. The summed E-state index contributed by atoms with van der Waals surface area (Å²) >= 11 is 0. The summed E-state index contributed by atoms with van der Waals surface area (Å²) in [4.78, 5) is 24.8. The van der Waals surface area contributed by atoms with Crippen LogP contribution in [0, 0.1) is 10.1 Å². The third kappa shape index (κ3) is 5.44. The van der Waals surface area contributed by atoms with Crippen molar-refractivity contribution in [3.05, 3.63) is 118 Å². The second-order valence-corrected chi connectivity index (χ2v) is 9.07. The van der Waals surface area contributed by atoms with Crippen LogP contribution in [0.4, 0.5) is 23.0 Å². The van der Waals surface area contributed by atoms with Gasteiger partial charge in [-0.25, -0.2) is 9.97 Å². The molecule has 5 rings (SSSR count). The van der Waals surface area contributed by atoms with Crippen LogP contribution in [0.15, 0.2) is 91.3 Å². The molecule has 1 fully saturated rings. The Bertz CT molecular complexity index is 1280. The Labute approximate surface area is 216 Å². The SMILES string of the molecule is CCc1ccc(Nc2ncnc(N3CCN(C(c4ccccc4)c4ccccc4)CC3)c2[N+](=O)[O-])cc1. The molecule has 1 saturated heterocycles. The van der Waals surface area contributed by atoms with Crippen molar-refractivity contribution in [1.29, 1.82) is 0 Å². The predicted molar refractivity (Wildman–Crippen MR) is 146 cm³/mol. The van der Waals surface area contributed by atoms with Crippen LogP contribution in [0.1, 0.15) is 29.7 Å². The molecule has 0 unspecified atom stereocenters. The first-order chi connectivity index (χ1) is 18.1. The lowest BCUT2D eigenvalue weighted by Crippen LogP contribution is -2.48. The van der Waals surface area contributed by atoms with Gasteiger partial charge in [-0.1, -0.05) is 79.7 Å². The minimum atomic E-state index is -0.388. The zero-order chi connectivity index (χ0) is 25.6. The molecule has 3 aromatic carbocycles. The minimum absolute atomic E-state index is 0.0989. The summed E-state index contributed by atoms with van der Waals surface area (Å²) in [6, 6.07) is 28.9. The molecule has 8 heteroatoms. The lowest BCUT2D eigenvalue weighted by Gasteiger charge is -2.40. The van der Waals surface area contributed by atoms with Crippen molar-refractivity contribution in [2.75, 3.05) is 36.4 Å². The van der Waals surface area contributed by atoms with Crippen molar-refractivity contribution in [1.82, 2.24) is 14.9 Å². The summed E-state index contributed by atoms with van der Waals surface area (Å²) in [5.41, 5.74) is 4.32. The maximum absolute atomic E-state index is 12.2. The van der Waals surface area contributed by atoms with E-state index >= 15 is 0 Å². The zero-order valence-corrected chi connectivity index (χ0v) is 20.8. The second-order valence-electron chi connectivity index (χ2n) is 9.07. The van der Waals surface area contributed by atoms with Gasteiger partial charge in [0.25, 0.3) is 0 Å². The van der Waals surface area contributed by atoms with Gasteiger partial charge in [0.15, 0.2) is 0 Å². The molecule has 0 aliphatic carbocycles. The molecule has 0 radical (unpaired) electrons. The summed E-state index contributed by atoms with van der Waals surface area (Å²) < 4.78 is 0. The van der Waals surface area contributed by atoms with Crippen molar-refractivity contribution in [2.24, 2.45) is 0 Å². The molecule has 0 spiro atoms. The number of nitro groups is 1. The van der Waals surface area contributed by atoms with Gasteiger partial charge in [0, 0.05) is 31.9 Å². The Balaban J connectivity index is 1.37. The molecular weight excluding hydrogens is 464 g/mol. The molecule has 37 heavy (non-hydrogen) atoms. The third-order valence-electron chi connectivity index (χ3n) is 6.82. The van der Waals surface area contributed by atoms with E-state index in [0.29, 0.717) is 18.9 Å². The number of nitrogens with zero attached hydrogens (tertiary/aromatic N) is 5.